The predicted octanol–water partition coefficient (Wildman–Crippen LogP) is 2.92. The van der Waals surface area contributed by atoms with E-state index < -0.39 is 0 Å². The summed E-state index contributed by atoms with van der Waals surface area (Å²) >= 11 is 0. The molecule has 7 heteroatoms. The highest BCUT2D eigenvalue weighted by molar-refractivity contribution is 5.77. The number of methoxy groups -OCH3 is 3. The summed E-state index contributed by atoms with van der Waals surface area (Å²) in [6.45, 7) is 0.585. The van der Waals surface area contributed by atoms with Crippen LogP contribution in [0, 0.1) is 11.8 Å². The Kier molecular flexibility index (Phi) is 4.19. The fourth-order valence-corrected chi connectivity index (χ4v) is 4.85. The first-order valence-electron chi connectivity index (χ1n) is 9.54. The Morgan fingerprint density at radius 2 is 1.72 bits per heavy atom. The van der Waals surface area contributed by atoms with Crippen LogP contribution in [0.3, 0.4) is 0 Å². The number of rotatable bonds is 4. The van der Waals surface area contributed by atoms with Crippen LogP contribution in [0.25, 0.3) is 0 Å². The maximum atomic E-state index is 12.5. The van der Waals surface area contributed by atoms with Crippen LogP contribution >= 0.6 is 0 Å². The van der Waals surface area contributed by atoms with E-state index in [2.05, 4.69) is 0 Å². The van der Waals surface area contributed by atoms with E-state index in [1.165, 1.54) is 0 Å². The van der Waals surface area contributed by atoms with Crippen LogP contribution in [-0.2, 0) is 16.0 Å². The van der Waals surface area contributed by atoms with Gasteiger partial charge in [0.25, 0.3) is 0 Å². The van der Waals surface area contributed by atoms with Crippen LogP contribution in [0.15, 0.2) is 24.3 Å². The number of hydrogen-bond donors (Lipinski definition) is 0. The van der Waals surface area contributed by atoms with Gasteiger partial charge in [0.15, 0.2) is 23.0 Å². The normalized spacial score (nSPS) is 23.8. The van der Waals surface area contributed by atoms with Gasteiger partial charge in [-0.1, -0.05) is 6.07 Å². The summed E-state index contributed by atoms with van der Waals surface area (Å²) in [7, 11) is 4.81. The molecule has 1 saturated heterocycles. The highest BCUT2D eigenvalue weighted by Gasteiger charge is 2.48. The summed E-state index contributed by atoms with van der Waals surface area (Å²) < 4.78 is 33.5. The molecule has 3 aliphatic rings. The lowest BCUT2D eigenvalue weighted by molar-refractivity contribution is -0.141. The average Bonchev–Trinajstić information content (AvgIpc) is 3.36. The molecular weight excluding hydrogens is 376 g/mol. The molecule has 5 rings (SSSR count). The highest BCUT2D eigenvalue weighted by Crippen LogP contribution is 2.55. The van der Waals surface area contributed by atoms with E-state index >= 15 is 0 Å². The third-order valence-corrected chi connectivity index (χ3v) is 6.13. The van der Waals surface area contributed by atoms with Gasteiger partial charge in [0, 0.05) is 17.4 Å². The third-order valence-electron chi connectivity index (χ3n) is 6.13. The minimum atomic E-state index is -0.208. The van der Waals surface area contributed by atoms with E-state index in [1.54, 1.807) is 21.3 Å². The Hall–Kier alpha value is -3.09. The van der Waals surface area contributed by atoms with Gasteiger partial charge < -0.3 is 28.4 Å². The van der Waals surface area contributed by atoms with Gasteiger partial charge in [0.2, 0.25) is 12.5 Å². The van der Waals surface area contributed by atoms with E-state index in [0.29, 0.717) is 36.0 Å². The zero-order valence-corrected chi connectivity index (χ0v) is 16.5. The second-order valence-electron chi connectivity index (χ2n) is 7.41. The monoisotopic (exact) mass is 398 g/mol. The Morgan fingerprint density at radius 3 is 2.48 bits per heavy atom. The molecule has 0 aromatic heterocycles. The minimum absolute atomic E-state index is 0.00220. The molecule has 3 atom stereocenters. The van der Waals surface area contributed by atoms with E-state index in [1.807, 2.05) is 24.3 Å². The van der Waals surface area contributed by atoms with E-state index in [4.69, 9.17) is 28.4 Å². The van der Waals surface area contributed by atoms with Crippen LogP contribution in [-0.4, -0.2) is 40.7 Å². The first-order chi connectivity index (χ1) is 14.2. The highest BCUT2D eigenvalue weighted by atomic mass is 16.7. The third kappa shape index (κ3) is 2.60. The molecule has 1 aliphatic carbocycles. The Morgan fingerprint density at radius 1 is 0.931 bits per heavy atom. The van der Waals surface area contributed by atoms with Crippen molar-refractivity contribution in [3.63, 3.8) is 0 Å². The van der Waals surface area contributed by atoms with Crippen molar-refractivity contribution in [3.8, 4) is 28.7 Å². The minimum Gasteiger partial charge on any atom is -0.493 e. The van der Waals surface area contributed by atoms with Gasteiger partial charge in [0.05, 0.1) is 33.9 Å². The zero-order chi connectivity index (χ0) is 20.1. The van der Waals surface area contributed by atoms with Crippen molar-refractivity contribution in [2.75, 3.05) is 34.7 Å². The van der Waals surface area contributed by atoms with Crippen LogP contribution in [0.4, 0.5) is 0 Å². The molecule has 2 aliphatic heterocycles. The van der Waals surface area contributed by atoms with Gasteiger partial charge in [-0.2, -0.15) is 0 Å². The molecule has 2 aromatic rings. The smallest absolute Gasteiger partial charge is 0.309 e. The SMILES string of the molecule is COc1cc2c(c(OC)c1OC)C(c1ccc3c(c1)OCO3)C1COC(=O)C1C2. The number of carbonyl (C=O) groups excluding carboxylic acids is 1. The average molecular weight is 398 g/mol. The molecule has 29 heavy (non-hydrogen) atoms. The van der Waals surface area contributed by atoms with Crippen molar-refractivity contribution in [3.05, 3.63) is 41.0 Å². The lowest BCUT2D eigenvalue weighted by Crippen LogP contribution is -2.31. The fraction of sp³-hybridized carbons (Fsp3) is 0.409. The molecule has 152 valence electrons. The van der Waals surface area contributed by atoms with Crippen molar-refractivity contribution in [2.24, 2.45) is 11.8 Å². The Balaban J connectivity index is 1.74. The molecule has 0 saturated carbocycles. The van der Waals surface area contributed by atoms with Gasteiger partial charge in [0.1, 0.15) is 0 Å². The number of esters is 1. The number of benzene rings is 2. The molecule has 3 unspecified atom stereocenters. The lowest BCUT2D eigenvalue weighted by atomic mass is 9.67. The number of carbonyl (C=O) groups is 1. The molecule has 0 N–H and O–H groups in total. The Labute approximate surface area is 168 Å². The number of ether oxygens (including phenoxy) is 6. The van der Waals surface area contributed by atoms with E-state index in [9.17, 15) is 4.79 Å². The predicted molar refractivity (Wildman–Crippen MR) is 102 cm³/mol. The van der Waals surface area contributed by atoms with Crippen LogP contribution in [0.1, 0.15) is 22.6 Å². The summed E-state index contributed by atoms with van der Waals surface area (Å²) in [5, 5.41) is 0. The topological polar surface area (TPSA) is 72.5 Å². The summed E-state index contributed by atoms with van der Waals surface area (Å²) in [4.78, 5) is 12.5. The van der Waals surface area contributed by atoms with Crippen molar-refractivity contribution in [1.82, 2.24) is 0 Å². The molecule has 2 aromatic carbocycles. The second-order valence-corrected chi connectivity index (χ2v) is 7.41. The fourth-order valence-electron chi connectivity index (χ4n) is 4.85. The van der Waals surface area contributed by atoms with Crippen LogP contribution in [0.2, 0.25) is 0 Å². The maximum absolute atomic E-state index is 12.5. The van der Waals surface area contributed by atoms with Crippen molar-refractivity contribution in [2.45, 2.75) is 12.3 Å². The number of hydrogen-bond acceptors (Lipinski definition) is 7. The first-order valence-corrected chi connectivity index (χ1v) is 9.54. The second kappa shape index (κ2) is 6.76. The standard InChI is InChI=1S/C22H22O7/c1-24-17-8-12-6-13-14(9-27-22(13)23)18(19(12)21(26-3)20(17)25-2)11-4-5-15-16(7-11)29-10-28-15/h4-5,7-8,13-14,18H,6,9-10H2,1-3H3. The van der Waals surface area contributed by atoms with Gasteiger partial charge >= 0.3 is 5.97 Å². The van der Waals surface area contributed by atoms with E-state index in [0.717, 1.165) is 22.4 Å². The van der Waals surface area contributed by atoms with E-state index in [-0.39, 0.29) is 30.5 Å². The molecular formula is C22H22O7. The number of fused-ring (bicyclic) bond motifs is 3. The zero-order valence-electron chi connectivity index (χ0n) is 16.5. The van der Waals surface area contributed by atoms with Crippen molar-refractivity contribution >= 4 is 5.97 Å². The molecule has 0 spiro atoms. The molecule has 1 fully saturated rings. The quantitative estimate of drug-likeness (QED) is 0.733. The van der Waals surface area contributed by atoms with Gasteiger partial charge in [-0.25, -0.2) is 0 Å². The summed E-state index contributed by atoms with van der Waals surface area (Å²) in [6, 6.07) is 7.85. The number of cyclic esters (lactones) is 1. The largest absolute Gasteiger partial charge is 0.493 e. The van der Waals surface area contributed by atoms with Crippen molar-refractivity contribution in [1.29, 1.82) is 0 Å². The maximum Gasteiger partial charge on any atom is 0.309 e. The van der Waals surface area contributed by atoms with Gasteiger partial charge in [-0.05, 0) is 35.7 Å². The van der Waals surface area contributed by atoms with Crippen molar-refractivity contribution < 1.29 is 33.2 Å². The molecule has 0 amide bonds. The molecule has 7 nitrogen and oxygen atoms in total. The summed E-state index contributed by atoms with van der Waals surface area (Å²) in [5.41, 5.74) is 3.03. The summed E-state index contributed by atoms with van der Waals surface area (Å²) in [5.74, 6) is 2.71. The molecule has 0 radical (unpaired) electrons. The molecule has 2 heterocycles. The van der Waals surface area contributed by atoms with Crippen LogP contribution in [0.5, 0.6) is 28.7 Å². The lowest BCUT2D eigenvalue weighted by Gasteiger charge is -2.35. The van der Waals surface area contributed by atoms with Gasteiger partial charge in [-0.15, -0.1) is 0 Å². The Bertz CT molecular complexity index is 984. The van der Waals surface area contributed by atoms with Gasteiger partial charge in [-0.3, -0.25) is 4.79 Å². The summed E-state index contributed by atoms with van der Waals surface area (Å²) in [6.07, 6.45) is 0.580. The van der Waals surface area contributed by atoms with Crippen LogP contribution < -0.4 is 23.7 Å². The molecule has 0 bridgehead atoms. The first kappa shape index (κ1) is 18.0.